The van der Waals surface area contributed by atoms with Crippen molar-refractivity contribution in [3.63, 3.8) is 0 Å². The number of aliphatic carboxylic acids is 1. The van der Waals surface area contributed by atoms with Crippen LogP contribution in [0.25, 0.3) is 17.0 Å². The molecule has 2 aromatic rings. The zero-order valence-electron chi connectivity index (χ0n) is 10.2. The van der Waals surface area contributed by atoms with E-state index in [-0.39, 0.29) is 5.56 Å². The Morgan fingerprint density at radius 3 is 2.61 bits per heavy atom. The predicted octanol–water partition coefficient (Wildman–Crippen LogP) is 2.24. The van der Waals surface area contributed by atoms with Crippen LogP contribution in [-0.2, 0) is 4.79 Å². The highest BCUT2D eigenvalue weighted by atomic mass is 16.4. The fourth-order valence-electron chi connectivity index (χ4n) is 1.88. The molecule has 0 spiro atoms. The van der Waals surface area contributed by atoms with Crippen molar-refractivity contribution in [2.45, 2.75) is 13.8 Å². The van der Waals surface area contributed by atoms with E-state index in [4.69, 9.17) is 5.11 Å². The number of aryl methyl sites for hydroxylation is 2. The first-order valence-corrected chi connectivity index (χ1v) is 5.53. The topological polar surface area (TPSA) is 70.2 Å². The minimum Gasteiger partial charge on any atom is -0.478 e. The molecule has 0 unspecified atom stereocenters. The summed E-state index contributed by atoms with van der Waals surface area (Å²) >= 11 is 0. The predicted molar refractivity (Wildman–Crippen MR) is 70.7 cm³/mol. The summed E-state index contributed by atoms with van der Waals surface area (Å²) in [5.41, 5.74) is 2.89. The minimum absolute atomic E-state index is 0.284. The average Bonchev–Trinajstić information content (AvgIpc) is 2.32. The van der Waals surface area contributed by atoms with Gasteiger partial charge in [0.1, 0.15) is 0 Å². The SMILES string of the molecule is Cc1ccc(C)c2[nH]c(=O)c(/C=C/C(=O)O)cc12. The van der Waals surface area contributed by atoms with Gasteiger partial charge in [0.05, 0.1) is 5.52 Å². The Morgan fingerprint density at radius 1 is 1.28 bits per heavy atom. The van der Waals surface area contributed by atoms with Gasteiger partial charge in [-0.1, -0.05) is 12.1 Å². The van der Waals surface area contributed by atoms with Gasteiger partial charge in [0.2, 0.25) is 0 Å². The molecule has 1 aromatic heterocycles. The van der Waals surface area contributed by atoms with Gasteiger partial charge >= 0.3 is 5.97 Å². The highest BCUT2D eigenvalue weighted by Crippen LogP contribution is 2.19. The summed E-state index contributed by atoms with van der Waals surface area (Å²) in [5.74, 6) is -1.07. The monoisotopic (exact) mass is 243 g/mol. The second kappa shape index (κ2) is 4.49. The van der Waals surface area contributed by atoms with E-state index in [9.17, 15) is 9.59 Å². The Labute approximate surface area is 104 Å². The van der Waals surface area contributed by atoms with Crippen LogP contribution < -0.4 is 5.56 Å². The van der Waals surface area contributed by atoms with Crippen LogP contribution in [-0.4, -0.2) is 16.1 Å². The second-order valence-corrected chi connectivity index (χ2v) is 4.21. The lowest BCUT2D eigenvalue weighted by atomic mass is 10.0. The summed E-state index contributed by atoms with van der Waals surface area (Å²) in [4.78, 5) is 25.1. The molecule has 18 heavy (non-hydrogen) atoms. The fraction of sp³-hybridized carbons (Fsp3) is 0.143. The Hall–Kier alpha value is -2.36. The van der Waals surface area contributed by atoms with Gasteiger partial charge in [-0.25, -0.2) is 4.79 Å². The third kappa shape index (κ3) is 2.18. The number of benzene rings is 1. The minimum atomic E-state index is -1.07. The van der Waals surface area contributed by atoms with E-state index in [0.717, 1.165) is 28.1 Å². The molecule has 0 bridgehead atoms. The van der Waals surface area contributed by atoms with E-state index in [1.165, 1.54) is 6.08 Å². The van der Waals surface area contributed by atoms with E-state index in [0.29, 0.717) is 5.56 Å². The number of fused-ring (bicyclic) bond motifs is 1. The number of aromatic nitrogens is 1. The third-order valence-corrected chi connectivity index (χ3v) is 2.88. The molecule has 2 rings (SSSR count). The van der Waals surface area contributed by atoms with E-state index in [1.54, 1.807) is 6.07 Å². The molecule has 4 heteroatoms. The molecular weight excluding hydrogens is 230 g/mol. The zero-order chi connectivity index (χ0) is 13.3. The van der Waals surface area contributed by atoms with Crippen LogP contribution >= 0.6 is 0 Å². The van der Waals surface area contributed by atoms with Gasteiger partial charge in [0, 0.05) is 17.0 Å². The fourth-order valence-corrected chi connectivity index (χ4v) is 1.88. The largest absolute Gasteiger partial charge is 0.478 e. The highest BCUT2D eigenvalue weighted by Gasteiger charge is 2.05. The molecule has 92 valence electrons. The molecule has 0 radical (unpaired) electrons. The third-order valence-electron chi connectivity index (χ3n) is 2.88. The van der Waals surface area contributed by atoms with Gasteiger partial charge in [-0.15, -0.1) is 0 Å². The Kier molecular flexibility index (Phi) is 3.02. The van der Waals surface area contributed by atoms with Crippen LogP contribution in [0, 0.1) is 13.8 Å². The van der Waals surface area contributed by atoms with Gasteiger partial charge in [-0.3, -0.25) is 4.79 Å². The Bertz CT molecular complexity index is 711. The van der Waals surface area contributed by atoms with E-state index in [1.807, 2.05) is 26.0 Å². The van der Waals surface area contributed by atoms with Crippen molar-refractivity contribution >= 4 is 22.9 Å². The Balaban J connectivity index is 2.72. The molecular formula is C14H13NO3. The van der Waals surface area contributed by atoms with Crippen molar-refractivity contribution in [3.05, 3.63) is 51.3 Å². The second-order valence-electron chi connectivity index (χ2n) is 4.21. The van der Waals surface area contributed by atoms with Gasteiger partial charge in [0.25, 0.3) is 5.56 Å². The lowest BCUT2D eigenvalue weighted by Gasteiger charge is -2.06. The maximum atomic E-state index is 11.8. The molecule has 1 heterocycles. The standard InChI is InChI=1S/C14H13NO3/c1-8-3-4-9(2)13-11(8)7-10(14(18)15-13)5-6-12(16)17/h3-7H,1-2H3,(H,15,18)(H,16,17)/b6-5+. The molecule has 0 fully saturated rings. The number of carbonyl (C=O) groups is 1. The van der Waals surface area contributed by atoms with E-state index < -0.39 is 5.97 Å². The number of carboxylic acids is 1. The summed E-state index contributed by atoms with van der Waals surface area (Å²) < 4.78 is 0. The molecule has 0 saturated heterocycles. The van der Waals surface area contributed by atoms with Gasteiger partial charge in [-0.05, 0) is 37.1 Å². The highest BCUT2D eigenvalue weighted by molar-refractivity contribution is 5.89. The number of nitrogens with one attached hydrogen (secondary N) is 1. The Morgan fingerprint density at radius 2 is 1.94 bits per heavy atom. The van der Waals surface area contributed by atoms with Crippen molar-refractivity contribution < 1.29 is 9.90 Å². The molecule has 0 saturated carbocycles. The van der Waals surface area contributed by atoms with Crippen LogP contribution in [0.1, 0.15) is 16.7 Å². The van der Waals surface area contributed by atoms with Crippen LogP contribution in [0.4, 0.5) is 0 Å². The molecule has 0 aliphatic carbocycles. The average molecular weight is 243 g/mol. The first kappa shape index (κ1) is 12.1. The summed E-state index contributed by atoms with van der Waals surface area (Å²) in [7, 11) is 0. The molecule has 4 nitrogen and oxygen atoms in total. The van der Waals surface area contributed by atoms with Gasteiger partial charge in [-0.2, -0.15) is 0 Å². The van der Waals surface area contributed by atoms with Crippen molar-refractivity contribution in [2.24, 2.45) is 0 Å². The lowest BCUT2D eigenvalue weighted by Crippen LogP contribution is -2.10. The summed E-state index contributed by atoms with van der Waals surface area (Å²) in [6.45, 7) is 3.87. The number of H-pyrrole nitrogens is 1. The van der Waals surface area contributed by atoms with Crippen molar-refractivity contribution in [2.75, 3.05) is 0 Å². The summed E-state index contributed by atoms with van der Waals surface area (Å²) in [6.07, 6.45) is 2.27. The number of aromatic amines is 1. The van der Waals surface area contributed by atoms with Crippen molar-refractivity contribution in [3.8, 4) is 0 Å². The van der Waals surface area contributed by atoms with Crippen LogP contribution in [0.15, 0.2) is 29.1 Å². The zero-order valence-corrected chi connectivity index (χ0v) is 10.2. The van der Waals surface area contributed by atoms with Crippen LogP contribution in [0.5, 0.6) is 0 Å². The maximum Gasteiger partial charge on any atom is 0.328 e. The number of rotatable bonds is 2. The number of pyridine rings is 1. The van der Waals surface area contributed by atoms with Crippen molar-refractivity contribution in [1.82, 2.24) is 4.98 Å². The molecule has 0 atom stereocenters. The summed E-state index contributed by atoms with van der Waals surface area (Å²) in [6, 6.07) is 5.64. The number of hydrogen-bond donors (Lipinski definition) is 2. The maximum absolute atomic E-state index is 11.8. The summed E-state index contributed by atoms with van der Waals surface area (Å²) in [5, 5.41) is 9.51. The normalized spacial score (nSPS) is 11.2. The first-order valence-electron chi connectivity index (χ1n) is 5.53. The van der Waals surface area contributed by atoms with Crippen LogP contribution in [0.2, 0.25) is 0 Å². The lowest BCUT2D eigenvalue weighted by molar-refractivity contribution is -0.131. The molecule has 0 aliphatic rings. The molecule has 1 aromatic carbocycles. The number of hydrogen-bond acceptors (Lipinski definition) is 2. The quantitative estimate of drug-likeness (QED) is 0.795. The van der Waals surface area contributed by atoms with Gasteiger partial charge in [0.15, 0.2) is 0 Å². The first-order chi connectivity index (χ1) is 8.49. The number of carboxylic acid groups (broad SMARTS) is 1. The molecule has 0 amide bonds. The van der Waals surface area contributed by atoms with Crippen molar-refractivity contribution in [1.29, 1.82) is 0 Å². The van der Waals surface area contributed by atoms with Gasteiger partial charge < -0.3 is 10.1 Å². The van der Waals surface area contributed by atoms with Crippen LogP contribution in [0.3, 0.4) is 0 Å². The van der Waals surface area contributed by atoms with E-state index in [2.05, 4.69) is 4.98 Å². The smallest absolute Gasteiger partial charge is 0.328 e. The van der Waals surface area contributed by atoms with E-state index >= 15 is 0 Å². The molecule has 2 N–H and O–H groups in total. The molecule has 0 aliphatic heterocycles.